The summed E-state index contributed by atoms with van der Waals surface area (Å²) in [4.78, 5) is 10.7. The molecule has 0 amide bonds. The Bertz CT molecular complexity index is 795. The molecule has 2 N–H and O–H groups in total. The largest absolute Gasteiger partial charge is 0.475 e. The van der Waals surface area contributed by atoms with E-state index in [4.69, 9.17) is 28.3 Å². The molecule has 21 heavy (non-hydrogen) atoms. The van der Waals surface area contributed by atoms with Crippen molar-refractivity contribution in [2.45, 2.75) is 5.09 Å². The minimum absolute atomic E-state index is 0.243. The van der Waals surface area contributed by atoms with E-state index in [0.29, 0.717) is 0 Å². The Kier molecular flexibility index (Phi) is 4.13. The van der Waals surface area contributed by atoms with Crippen LogP contribution < -0.4 is 4.72 Å². The topological polar surface area (TPSA) is 96.6 Å². The van der Waals surface area contributed by atoms with Gasteiger partial charge in [-0.3, -0.25) is 4.72 Å². The molecule has 0 saturated heterocycles. The monoisotopic (exact) mass is 353 g/mol. The number of aromatic carboxylic acids is 1. The zero-order valence-corrected chi connectivity index (χ0v) is 12.3. The van der Waals surface area contributed by atoms with Gasteiger partial charge < -0.3 is 9.52 Å². The van der Waals surface area contributed by atoms with Crippen LogP contribution in [-0.2, 0) is 10.0 Å². The number of hydrogen-bond donors (Lipinski definition) is 2. The molecule has 0 aliphatic rings. The molecular formula is C11H6Cl2FNO5S. The van der Waals surface area contributed by atoms with E-state index in [-0.39, 0.29) is 15.7 Å². The van der Waals surface area contributed by atoms with Gasteiger partial charge in [-0.05, 0) is 24.3 Å². The number of rotatable bonds is 4. The van der Waals surface area contributed by atoms with Crippen LogP contribution in [0.1, 0.15) is 10.6 Å². The third-order valence-electron chi connectivity index (χ3n) is 2.30. The number of furan rings is 1. The van der Waals surface area contributed by atoms with Crippen molar-refractivity contribution in [3.05, 3.63) is 45.9 Å². The number of benzene rings is 1. The van der Waals surface area contributed by atoms with E-state index in [1.807, 2.05) is 4.72 Å². The molecule has 1 aromatic heterocycles. The first kappa shape index (κ1) is 15.6. The molecule has 0 spiro atoms. The molecule has 10 heteroatoms. The minimum atomic E-state index is -4.26. The van der Waals surface area contributed by atoms with E-state index in [2.05, 4.69) is 4.42 Å². The first-order valence-corrected chi connectivity index (χ1v) is 7.45. The van der Waals surface area contributed by atoms with E-state index < -0.39 is 32.7 Å². The molecule has 0 fully saturated rings. The lowest BCUT2D eigenvalue weighted by Gasteiger charge is -2.09. The van der Waals surface area contributed by atoms with E-state index in [0.717, 1.165) is 24.3 Å². The number of carboxylic acid groups (broad SMARTS) is 1. The molecule has 0 saturated carbocycles. The zero-order chi connectivity index (χ0) is 15.8. The van der Waals surface area contributed by atoms with Crippen molar-refractivity contribution >= 4 is 44.9 Å². The van der Waals surface area contributed by atoms with Crippen molar-refractivity contribution in [3.8, 4) is 0 Å². The maximum atomic E-state index is 13.0. The predicted molar refractivity (Wildman–Crippen MR) is 72.9 cm³/mol. The summed E-state index contributed by atoms with van der Waals surface area (Å²) < 4.78 is 43.7. The highest BCUT2D eigenvalue weighted by atomic mass is 35.5. The van der Waals surface area contributed by atoms with Crippen LogP contribution >= 0.6 is 23.2 Å². The lowest BCUT2D eigenvalue weighted by atomic mass is 10.3. The lowest BCUT2D eigenvalue weighted by Crippen LogP contribution is -2.13. The van der Waals surface area contributed by atoms with Crippen LogP contribution in [0.5, 0.6) is 0 Å². The number of halogens is 3. The van der Waals surface area contributed by atoms with Crippen LogP contribution in [0.3, 0.4) is 0 Å². The highest BCUT2D eigenvalue weighted by Gasteiger charge is 2.23. The zero-order valence-electron chi connectivity index (χ0n) is 9.93. The number of hydrogen-bond acceptors (Lipinski definition) is 4. The van der Waals surface area contributed by atoms with Crippen molar-refractivity contribution in [2.75, 3.05) is 4.72 Å². The SMILES string of the molecule is O=C(O)c1ccc(S(=O)(=O)Nc2c(Cl)cc(F)cc2Cl)o1. The molecule has 0 aliphatic carbocycles. The Morgan fingerprint density at radius 3 is 2.29 bits per heavy atom. The summed E-state index contributed by atoms with van der Waals surface area (Å²) in [6.07, 6.45) is 0. The summed E-state index contributed by atoms with van der Waals surface area (Å²) in [7, 11) is -4.26. The number of sulfonamides is 1. The lowest BCUT2D eigenvalue weighted by molar-refractivity contribution is 0.0656. The minimum Gasteiger partial charge on any atom is -0.475 e. The van der Waals surface area contributed by atoms with Crippen LogP contribution in [-0.4, -0.2) is 19.5 Å². The Morgan fingerprint density at radius 1 is 1.24 bits per heavy atom. The van der Waals surface area contributed by atoms with Crippen LogP contribution in [0.4, 0.5) is 10.1 Å². The Balaban J connectivity index is 2.40. The quantitative estimate of drug-likeness (QED) is 0.879. The molecule has 0 radical (unpaired) electrons. The first-order chi connectivity index (χ1) is 9.70. The van der Waals surface area contributed by atoms with Crippen molar-refractivity contribution < 1.29 is 27.1 Å². The van der Waals surface area contributed by atoms with Gasteiger partial charge in [-0.1, -0.05) is 23.2 Å². The standard InChI is InChI=1S/C11H6Cl2FNO5S/c12-6-3-5(14)4-7(13)10(6)15-21(18,19)9-2-1-8(20-9)11(16)17/h1-4,15H,(H,16,17). The fourth-order valence-electron chi connectivity index (χ4n) is 1.40. The van der Waals surface area contributed by atoms with Crippen molar-refractivity contribution in [2.24, 2.45) is 0 Å². The van der Waals surface area contributed by atoms with Gasteiger partial charge in [0.15, 0.2) is 0 Å². The fraction of sp³-hybridized carbons (Fsp3) is 0. The van der Waals surface area contributed by atoms with Crippen LogP contribution in [0.25, 0.3) is 0 Å². The molecule has 2 aromatic rings. The number of anilines is 1. The van der Waals surface area contributed by atoms with Crippen LogP contribution in [0, 0.1) is 5.82 Å². The van der Waals surface area contributed by atoms with E-state index in [1.54, 1.807) is 0 Å². The van der Waals surface area contributed by atoms with E-state index in [9.17, 15) is 17.6 Å². The van der Waals surface area contributed by atoms with Gasteiger partial charge in [-0.15, -0.1) is 0 Å². The molecule has 112 valence electrons. The summed E-state index contributed by atoms with van der Waals surface area (Å²) in [6.45, 7) is 0. The van der Waals surface area contributed by atoms with Gasteiger partial charge in [0.05, 0.1) is 15.7 Å². The first-order valence-electron chi connectivity index (χ1n) is 5.21. The van der Waals surface area contributed by atoms with Crippen LogP contribution in [0.15, 0.2) is 33.8 Å². The smallest absolute Gasteiger partial charge is 0.371 e. The number of nitrogens with one attached hydrogen (secondary N) is 1. The van der Waals surface area contributed by atoms with Crippen molar-refractivity contribution in [1.82, 2.24) is 0 Å². The normalized spacial score (nSPS) is 11.4. The number of carboxylic acids is 1. The second-order valence-electron chi connectivity index (χ2n) is 3.77. The number of carbonyl (C=O) groups is 1. The summed E-state index contributed by atoms with van der Waals surface area (Å²) in [6, 6.07) is 3.67. The molecule has 0 atom stereocenters. The molecule has 2 rings (SSSR count). The average Bonchev–Trinajstić information content (AvgIpc) is 2.84. The molecule has 1 heterocycles. The fourth-order valence-corrected chi connectivity index (χ4v) is 3.11. The Morgan fingerprint density at radius 2 is 1.81 bits per heavy atom. The van der Waals surface area contributed by atoms with Gasteiger partial charge in [0, 0.05) is 0 Å². The molecule has 0 unspecified atom stereocenters. The highest BCUT2D eigenvalue weighted by Crippen LogP contribution is 2.33. The summed E-state index contributed by atoms with van der Waals surface area (Å²) in [5.74, 6) is -2.71. The summed E-state index contributed by atoms with van der Waals surface area (Å²) in [5.41, 5.74) is -0.243. The third kappa shape index (κ3) is 3.29. The highest BCUT2D eigenvalue weighted by molar-refractivity contribution is 7.92. The summed E-state index contributed by atoms with van der Waals surface area (Å²) in [5, 5.41) is 7.53. The van der Waals surface area contributed by atoms with E-state index in [1.165, 1.54) is 0 Å². The van der Waals surface area contributed by atoms with Gasteiger partial charge in [0.1, 0.15) is 5.82 Å². The second kappa shape index (κ2) is 5.55. The predicted octanol–water partition coefficient (Wildman–Crippen LogP) is 3.22. The molecule has 0 bridgehead atoms. The van der Waals surface area contributed by atoms with Gasteiger partial charge in [-0.2, -0.15) is 8.42 Å². The second-order valence-corrected chi connectivity index (χ2v) is 6.20. The van der Waals surface area contributed by atoms with Crippen molar-refractivity contribution in [1.29, 1.82) is 0 Å². The Hall–Kier alpha value is -1.77. The van der Waals surface area contributed by atoms with Crippen molar-refractivity contribution in [3.63, 3.8) is 0 Å². The summed E-state index contributed by atoms with van der Waals surface area (Å²) >= 11 is 11.4. The van der Waals surface area contributed by atoms with Crippen LogP contribution in [0.2, 0.25) is 10.0 Å². The Labute approximate surface area is 128 Å². The maximum Gasteiger partial charge on any atom is 0.371 e. The molecule has 1 aromatic carbocycles. The van der Waals surface area contributed by atoms with Gasteiger partial charge in [0.25, 0.3) is 10.0 Å². The van der Waals surface area contributed by atoms with Gasteiger partial charge in [-0.25, -0.2) is 9.18 Å². The third-order valence-corrected chi connectivity index (χ3v) is 4.12. The maximum absolute atomic E-state index is 13.0. The molecule has 6 nitrogen and oxygen atoms in total. The average molecular weight is 354 g/mol. The molecule has 0 aliphatic heterocycles. The van der Waals surface area contributed by atoms with Gasteiger partial charge >= 0.3 is 5.97 Å². The van der Waals surface area contributed by atoms with E-state index >= 15 is 0 Å². The molecular weight excluding hydrogens is 348 g/mol. The van der Waals surface area contributed by atoms with Gasteiger partial charge in [0.2, 0.25) is 10.9 Å².